The van der Waals surface area contributed by atoms with E-state index in [4.69, 9.17) is 4.74 Å². The van der Waals surface area contributed by atoms with Gasteiger partial charge < -0.3 is 4.74 Å². The third-order valence-corrected chi connectivity index (χ3v) is 5.80. The maximum atomic E-state index is 6.68. The standard InChI is InChI=1S/C29H19NO/c1-2-10-21(11-3-1)28-23-14-6-7-15-24(23)29(25-17-18-30-19-26(25)28)31-27-16-8-12-20-9-4-5-13-22(20)27/h1-19H. The predicted molar refractivity (Wildman–Crippen MR) is 129 cm³/mol. The summed E-state index contributed by atoms with van der Waals surface area (Å²) in [5.41, 5.74) is 2.36. The lowest BCUT2D eigenvalue weighted by Gasteiger charge is -2.18. The van der Waals surface area contributed by atoms with Crippen molar-refractivity contribution in [3.8, 4) is 22.6 Å². The van der Waals surface area contributed by atoms with E-state index in [1.165, 1.54) is 11.1 Å². The lowest BCUT2D eigenvalue weighted by Crippen LogP contribution is -1.93. The van der Waals surface area contributed by atoms with E-state index >= 15 is 0 Å². The van der Waals surface area contributed by atoms with Gasteiger partial charge in [-0.1, -0.05) is 91.0 Å². The van der Waals surface area contributed by atoms with Crippen LogP contribution in [0.4, 0.5) is 0 Å². The molecule has 0 aliphatic heterocycles. The zero-order valence-corrected chi connectivity index (χ0v) is 16.8. The molecule has 0 amide bonds. The molecule has 1 heterocycles. The fourth-order valence-electron chi connectivity index (χ4n) is 4.40. The van der Waals surface area contributed by atoms with Crippen LogP contribution in [0, 0.1) is 0 Å². The molecule has 0 bridgehead atoms. The average molecular weight is 397 g/mol. The summed E-state index contributed by atoms with van der Waals surface area (Å²) < 4.78 is 6.68. The van der Waals surface area contributed by atoms with Crippen LogP contribution in [0.3, 0.4) is 0 Å². The Bertz CT molecular complexity index is 1490. The average Bonchev–Trinajstić information content (AvgIpc) is 2.85. The minimum atomic E-state index is 0.855. The Kier molecular flexibility index (Phi) is 4.14. The van der Waals surface area contributed by atoms with E-state index in [1.54, 1.807) is 0 Å². The molecule has 0 radical (unpaired) electrons. The Hall–Kier alpha value is -4.17. The Morgan fingerprint density at radius 2 is 1.19 bits per heavy atom. The summed E-state index contributed by atoms with van der Waals surface area (Å²) in [5, 5.41) is 6.65. The minimum absolute atomic E-state index is 0.855. The maximum absolute atomic E-state index is 6.68. The molecular weight excluding hydrogens is 378 g/mol. The summed E-state index contributed by atoms with van der Waals surface area (Å²) in [6.45, 7) is 0. The molecule has 6 rings (SSSR count). The van der Waals surface area contributed by atoms with E-state index in [9.17, 15) is 0 Å². The molecule has 0 atom stereocenters. The molecule has 6 aromatic rings. The van der Waals surface area contributed by atoms with Crippen molar-refractivity contribution in [1.82, 2.24) is 4.98 Å². The fourth-order valence-corrected chi connectivity index (χ4v) is 4.40. The first-order valence-electron chi connectivity index (χ1n) is 10.4. The van der Waals surface area contributed by atoms with Crippen LogP contribution in [-0.4, -0.2) is 4.98 Å². The van der Waals surface area contributed by atoms with E-state index in [-0.39, 0.29) is 0 Å². The number of nitrogens with zero attached hydrogens (tertiary/aromatic N) is 1. The van der Waals surface area contributed by atoms with E-state index < -0.39 is 0 Å². The van der Waals surface area contributed by atoms with Gasteiger partial charge in [-0.3, -0.25) is 4.98 Å². The van der Waals surface area contributed by atoms with Gasteiger partial charge in [0.2, 0.25) is 0 Å². The first kappa shape index (κ1) is 17.7. The topological polar surface area (TPSA) is 22.1 Å². The summed E-state index contributed by atoms with van der Waals surface area (Å²) in [6.07, 6.45) is 3.78. The second-order valence-corrected chi connectivity index (χ2v) is 7.62. The largest absolute Gasteiger partial charge is 0.455 e. The van der Waals surface area contributed by atoms with Crippen LogP contribution in [0.2, 0.25) is 0 Å². The van der Waals surface area contributed by atoms with Gasteiger partial charge in [-0.2, -0.15) is 0 Å². The number of hydrogen-bond donors (Lipinski definition) is 0. The number of rotatable bonds is 3. The molecule has 0 saturated carbocycles. The molecule has 2 nitrogen and oxygen atoms in total. The molecule has 2 heteroatoms. The molecule has 146 valence electrons. The fraction of sp³-hybridized carbons (Fsp3) is 0. The van der Waals surface area contributed by atoms with Crippen molar-refractivity contribution in [3.05, 3.63) is 116 Å². The van der Waals surface area contributed by atoms with Crippen molar-refractivity contribution in [2.75, 3.05) is 0 Å². The molecule has 0 spiro atoms. The summed E-state index contributed by atoms with van der Waals surface area (Å²) in [5.74, 6) is 1.72. The van der Waals surface area contributed by atoms with Crippen molar-refractivity contribution < 1.29 is 4.74 Å². The van der Waals surface area contributed by atoms with Gasteiger partial charge in [0, 0.05) is 33.9 Å². The van der Waals surface area contributed by atoms with E-state index in [0.29, 0.717) is 0 Å². The summed E-state index contributed by atoms with van der Waals surface area (Å²) in [6, 6.07) is 35.5. The van der Waals surface area contributed by atoms with Crippen LogP contribution in [0.1, 0.15) is 0 Å². The van der Waals surface area contributed by atoms with E-state index in [0.717, 1.165) is 43.8 Å². The van der Waals surface area contributed by atoms with Crippen LogP contribution in [-0.2, 0) is 0 Å². The van der Waals surface area contributed by atoms with Crippen molar-refractivity contribution in [3.63, 3.8) is 0 Å². The van der Waals surface area contributed by atoms with Crippen molar-refractivity contribution in [2.45, 2.75) is 0 Å². The quantitative estimate of drug-likeness (QED) is 0.282. The van der Waals surface area contributed by atoms with Crippen molar-refractivity contribution in [2.24, 2.45) is 0 Å². The molecular formula is C29H19NO. The lowest BCUT2D eigenvalue weighted by molar-refractivity contribution is 0.499. The zero-order chi connectivity index (χ0) is 20.6. The highest BCUT2D eigenvalue weighted by Crippen LogP contribution is 2.44. The first-order chi connectivity index (χ1) is 15.4. The van der Waals surface area contributed by atoms with Crippen molar-refractivity contribution in [1.29, 1.82) is 0 Å². The number of aromatic nitrogens is 1. The SMILES string of the molecule is c1ccc(-c2c3ccccc3c(Oc3cccc4ccccc34)c3ccncc23)cc1. The van der Waals surface area contributed by atoms with Crippen molar-refractivity contribution >= 4 is 32.3 Å². The summed E-state index contributed by atoms with van der Waals surface area (Å²) in [7, 11) is 0. The van der Waals surface area contributed by atoms with E-state index in [1.807, 2.05) is 36.7 Å². The van der Waals surface area contributed by atoms with Gasteiger partial charge in [0.25, 0.3) is 0 Å². The van der Waals surface area contributed by atoms with Gasteiger partial charge >= 0.3 is 0 Å². The summed E-state index contributed by atoms with van der Waals surface area (Å²) in [4.78, 5) is 4.45. The Morgan fingerprint density at radius 3 is 2.06 bits per heavy atom. The van der Waals surface area contributed by atoms with Crippen LogP contribution < -0.4 is 4.74 Å². The molecule has 0 aliphatic carbocycles. The predicted octanol–water partition coefficient (Wildman–Crippen LogP) is 8.00. The number of hydrogen-bond acceptors (Lipinski definition) is 2. The Morgan fingerprint density at radius 1 is 0.516 bits per heavy atom. The number of benzene rings is 5. The Balaban J connectivity index is 1.69. The molecule has 31 heavy (non-hydrogen) atoms. The van der Waals surface area contributed by atoms with Gasteiger partial charge in [-0.05, 0) is 34.0 Å². The van der Waals surface area contributed by atoms with Crippen LogP contribution >= 0.6 is 0 Å². The number of fused-ring (bicyclic) bond motifs is 3. The second-order valence-electron chi connectivity index (χ2n) is 7.62. The van der Waals surface area contributed by atoms with Gasteiger partial charge in [0.1, 0.15) is 11.5 Å². The third-order valence-electron chi connectivity index (χ3n) is 5.80. The van der Waals surface area contributed by atoms with Gasteiger partial charge in [0.15, 0.2) is 0 Å². The lowest BCUT2D eigenvalue weighted by atomic mass is 9.92. The van der Waals surface area contributed by atoms with Crippen LogP contribution in [0.15, 0.2) is 116 Å². The Labute approximate surface area is 180 Å². The normalized spacial score (nSPS) is 11.2. The van der Waals surface area contributed by atoms with Crippen LogP contribution in [0.25, 0.3) is 43.4 Å². The molecule has 0 aliphatic rings. The highest BCUT2D eigenvalue weighted by Gasteiger charge is 2.17. The molecule has 0 unspecified atom stereocenters. The highest BCUT2D eigenvalue weighted by molar-refractivity contribution is 6.16. The molecule has 1 aromatic heterocycles. The van der Waals surface area contributed by atoms with E-state index in [2.05, 4.69) is 83.8 Å². The molecule has 0 saturated heterocycles. The van der Waals surface area contributed by atoms with Gasteiger partial charge in [-0.15, -0.1) is 0 Å². The molecule has 0 fully saturated rings. The summed E-state index contributed by atoms with van der Waals surface area (Å²) >= 11 is 0. The maximum Gasteiger partial charge on any atom is 0.143 e. The van der Waals surface area contributed by atoms with Gasteiger partial charge in [-0.25, -0.2) is 0 Å². The number of pyridine rings is 1. The second kappa shape index (κ2) is 7.26. The molecule has 0 N–H and O–H groups in total. The number of ether oxygens (including phenoxy) is 1. The van der Waals surface area contributed by atoms with Gasteiger partial charge in [0.05, 0.1) is 0 Å². The zero-order valence-electron chi connectivity index (χ0n) is 16.8. The smallest absolute Gasteiger partial charge is 0.143 e. The van der Waals surface area contributed by atoms with Crippen LogP contribution in [0.5, 0.6) is 11.5 Å². The third kappa shape index (κ3) is 2.92. The molecule has 5 aromatic carbocycles. The monoisotopic (exact) mass is 397 g/mol. The minimum Gasteiger partial charge on any atom is -0.455 e. The first-order valence-corrected chi connectivity index (χ1v) is 10.4. The highest BCUT2D eigenvalue weighted by atomic mass is 16.5.